The summed E-state index contributed by atoms with van der Waals surface area (Å²) in [4.78, 5) is 13.8. The molecule has 2 aromatic rings. The maximum absolute atomic E-state index is 5.41. The first-order valence-corrected chi connectivity index (χ1v) is 9.95. The van der Waals surface area contributed by atoms with Gasteiger partial charge in [0.1, 0.15) is 5.82 Å². The molecule has 0 amide bonds. The summed E-state index contributed by atoms with van der Waals surface area (Å²) in [7, 11) is 0. The van der Waals surface area contributed by atoms with Crippen LogP contribution in [0.5, 0.6) is 0 Å². The van der Waals surface area contributed by atoms with Crippen LogP contribution >= 0.6 is 15.9 Å². The summed E-state index contributed by atoms with van der Waals surface area (Å²) in [6.45, 7) is 6.33. The van der Waals surface area contributed by atoms with Crippen LogP contribution in [-0.2, 0) is 11.3 Å². The summed E-state index contributed by atoms with van der Waals surface area (Å²) >= 11 is 3.49. The second-order valence-corrected chi connectivity index (χ2v) is 7.75. The number of nitrogens with zero attached hydrogens (tertiary/aromatic N) is 4. The molecule has 0 radical (unpaired) electrons. The van der Waals surface area contributed by atoms with E-state index in [1.54, 1.807) is 0 Å². The average molecular weight is 418 g/mol. The van der Waals surface area contributed by atoms with Gasteiger partial charge in [-0.15, -0.1) is 0 Å². The van der Waals surface area contributed by atoms with E-state index in [0.717, 1.165) is 68.6 Å². The number of nitrogens with one attached hydrogen (secondary N) is 1. The highest BCUT2D eigenvalue weighted by atomic mass is 79.9. The molecule has 2 aliphatic heterocycles. The van der Waals surface area contributed by atoms with Crippen LogP contribution in [0.1, 0.15) is 12.0 Å². The Hall–Kier alpha value is -1.70. The number of hydrogen-bond acceptors (Lipinski definition) is 6. The molecule has 0 aliphatic carbocycles. The minimum Gasteiger partial charge on any atom is -0.378 e. The van der Waals surface area contributed by atoms with Crippen molar-refractivity contribution >= 4 is 27.7 Å². The fourth-order valence-corrected chi connectivity index (χ4v) is 3.76. The highest BCUT2D eigenvalue weighted by Gasteiger charge is 2.23. The predicted molar refractivity (Wildman–Crippen MR) is 107 cm³/mol. The van der Waals surface area contributed by atoms with E-state index in [-0.39, 0.29) is 0 Å². The summed E-state index contributed by atoms with van der Waals surface area (Å²) in [5, 5.41) is 3.59. The fourth-order valence-electron chi connectivity index (χ4n) is 3.50. The van der Waals surface area contributed by atoms with E-state index in [2.05, 4.69) is 60.3 Å². The number of morpholine rings is 1. The number of aromatic nitrogens is 2. The Morgan fingerprint density at radius 1 is 1.12 bits per heavy atom. The van der Waals surface area contributed by atoms with Crippen molar-refractivity contribution in [3.63, 3.8) is 0 Å². The van der Waals surface area contributed by atoms with Gasteiger partial charge in [0.05, 0.1) is 13.2 Å². The van der Waals surface area contributed by atoms with Gasteiger partial charge in [0.15, 0.2) is 0 Å². The van der Waals surface area contributed by atoms with Gasteiger partial charge in [-0.1, -0.05) is 28.1 Å². The molecule has 1 N–H and O–H groups in total. The lowest BCUT2D eigenvalue weighted by Gasteiger charge is -2.27. The fraction of sp³-hybridized carbons (Fsp3) is 0.474. The monoisotopic (exact) mass is 417 g/mol. The molecule has 7 heteroatoms. The maximum Gasteiger partial charge on any atom is 0.227 e. The van der Waals surface area contributed by atoms with Gasteiger partial charge in [0.25, 0.3) is 0 Å². The first-order valence-electron chi connectivity index (χ1n) is 9.15. The summed E-state index contributed by atoms with van der Waals surface area (Å²) in [5.74, 6) is 1.71. The van der Waals surface area contributed by atoms with E-state index in [9.17, 15) is 0 Å². The highest BCUT2D eigenvalue weighted by Crippen LogP contribution is 2.19. The zero-order valence-corrected chi connectivity index (χ0v) is 16.4. The minimum absolute atomic E-state index is 0.429. The average Bonchev–Trinajstić information content (AvgIpc) is 3.11. The molecule has 0 saturated carbocycles. The Morgan fingerprint density at radius 3 is 2.73 bits per heavy atom. The molecule has 1 unspecified atom stereocenters. The second kappa shape index (κ2) is 8.33. The molecule has 3 heterocycles. The molecular formula is C19H24BrN5O. The van der Waals surface area contributed by atoms with Crippen LogP contribution in [-0.4, -0.2) is 60.3 Å². The molecule has 1 aromatic carbocycles. The molecule has 0 spiro atoms. The minimum atomic E-state index is 0.429. The number of ether oxygens (including phenoxy) is 1. The van der Waals surface area contributed by atoms with Gasteiger partial charge in [-0.25, -0.2) is 4.98 Å². The molecule has 2 fully saturated rings. The number of rotatable bonds is 5. The highest BCUT2D eigenvalue weighted by molar-refractivity contribution is 9.10. The molecular weight excluding hydrogens is 394 g/mol. The number of likely N-dealkylation sites (tertiary alicyclic amines) is 1. The lowest BCUT2D eigenvalue weighted by Crippen LogP contribution is -2.37. The number of anilines is 2. The van der Waals surface area contributed by atoms with Crippen LogP contribution < -0.4 is 10.2 Å². The Balaban J connectivity index is 1.32. The third-order valence-corrected chi connectivity index (χ3v) is 5.41. The maximum atomic E-state index is 5.41. The summed E-state index contributed by atoms with van der Waals surface area (Å²) < 4.78 is 6.53. The van der Waals surface area contributed by atoms with Crippen molar-refractivity contribution in [1.29, 1.82) is 0 Å². The molecule has 138 valence electrons. The number of hydrogen-bond donors (Lipinski definition) is 1. The lowest BCUT2D eigenvalue weighted by molar-refractivity contribution is 0.122. The van der Waals surface area contributed by atoms with E-state index in [0.29, 0.717) is 6.04 Å². The molecule has 6 nitrogen and oxygen atoms in total. The second-order valence-electron chi connectivity index (χ2n) is 6.83. The van der Waals surface area contributed by atoms with Gasteiger partial charge in [0.2, 0.25) is 5.95 Å². The molecule has 4 rings (SSSR count). The zero-order valence-electron chi connectivity index (χ0n) is 14.8. The van der Waals surface area contributed by atoms with Crippen LogP contribution in [0.15, 0.2) is 41.0 Å². The van der Waals surface area contributed by atoms with Crippen molar-refractivity contribution in [2.24, 2.45) is 0 Å². The quantitative estimate of drug-likeness (QED) is 0.806. The third kappa shape index (κ3) is 4.52. The molecule has 26 heavy (non-hydrogen) atoms. The zero-order chi connectivity index (χ0) is 17.8. The Morgan fingerprint density at radius 2 is 1.92 bits per heavy atom. The molecule has 2 saturated heterocycles. The number of halogens is 1. The first kappa shape index (κ1) is 17.7. The van der Waals surface area contributed by atoms with Gasteiger partial charge < -0.3 is 15.0 Å². The lowest BCUT2D eigenvalue weighted by atomic mass is 10.2. The molecule has 1 atom stereocenters. The smallest absolute Gasteiger partial charge is 0.227 e. The standard InChI is InChI=1S/C19H24BrN5O/c20-16-3-1-15(2-4-16)13-24-8-6-17(14-24)22-18-5-7-21-19(23-18)25-9-11-26-12-10-25/h1-5,7,17H,6,8-14H2,(H,21,22,23). The van der Waals surface area contributed by atoms with Gasteiger partial charge in [-0.2, -0.15) is 4.98 Å². The van der Waals surface area contributed by atoms with E-state index >= 15 is 0 Å². The van der Waals surface area contributed by atoms with Crippen molar-refractivity contribution in [3.05, 3.63) is 46.6 Å². The van der Waals surface area contributed by atoms with Crippen LogP contribution in [0, 0.1) is 0 Å². The predicted octanol–water partition coefficient (Wildman–Crippen LogP) is 2.76. The van der Waals surface area contributed by atoms with Crippen molar-refractivity contribution in [1.82, 2.24) is 14.9 Å². The van der Waals surface area contributed by atoms with Gasteiger partial charge >= 0.3 is 0 Å². The van der Waals surface area contributed by atoms with E-state index in [1.807, 2.05) is 12.3 Å². The van der Waals surface area contributed by atoms with Crippen LogP contribution in [0.2, 0.25) is 0 Å². The van der Waals surface area contributed by atoms with E-state index in [4.69, 9.17) is 9.72 Å². The van der Waals surface area contributed by atoms with Crippen LogP contribution in [0.25, 0.3) is 0 Å². The van der Waals surface area contributed by atoms with E-state index in [1.165, 1.54) is 5.56 Å². The SMILES string of the molecule is Brc1ccc(CN2CCC(Nc3ccnc(N4CCOCC4)n3)C2)cc1. The third-order valence-electron chi connectivity index (χ3n) is 4.88. The van der Waals surface area contributed by atoms with Crippen LogP contribution in [0.3, 0.4) is 0 Å². The summed E-state index contributed by atoms with van der Waals surface area (Å²) in [6.07, 6.45) is 2.97. The molecule has 2 aliphatic rings. The Bertz CT molecular complexity index is 720. The van der Waals surface area contributed by atoms with E-state index < -0.39 is 0 Å². The van der Waals surface area contributed by atoms with Gasteiger partial charge in [-0.05, 0) is 30.2 Å². The van der Waals surface area contributed by atoms with Gasteiger partial charge in [-0.3, -0.25) is 4.90 Å². The number of benzene rings is 1. The topological polar surface area (TPSA) is 53.5 Å². The normalized spacial score (nSPS) is 21.1. The summed E-state index contributed by atoms with van der Waals surface area (Å²) in [6, 6.07) is 11.0. The largest absolute Gasteiger partial charge is 0.378 e. The van der Waals surface area contributed by atoms with Crippen molar-refractivity contribution in [2.45, 2.75) is 19.0 Å². The van der Waals surface area contributed by atoms with Gasteiger partial charge in [0, 0.05) is 49.4 Å². The molecule has 0 bridgehead atoms. The Labute approximate surface area is 162 Å². The summed E-state index contributed by atoms with van der Waals surface area (Å²) in [5.41, 5.74) is 1.35. The van der Waals surface area contributed by atoms with Crippen molar-refractivity contribution < 1.29 is 4.74 Å². The van der Waals surface area contributed by atoms with Crippen molar-refractivity contribution in [2.75, 3.05) is 49.6 Å². The van der Waals surface area contributed by atoms with Crippen molar-refractivity contribution in [3.8, 4) is 0 Å². The van der Waals surface area contributed by atoms with Crippen LogP contribution in [0.4, 0.5) is 11.8 Å². The first-order chi connectivity index (χ1) is 12.8. The molecule has 1 aromatic heterocycles. The Kier molecular flexibility index (Phi) is 5.67.